The van der Waals surface area contributed by atoms with Crippen LogP contribution in [0.15, 0.2) is 0 Å². The van der Waals surface area contributed by atoms with Gasteiger partial charge in [-0.25, -0.2) is 0 Å². The third-order valence-corrected chi connectivity index (χ3v) is 1.70. The SMILES string of the molecule is FC(F)(F)C[SiH2]Cl. The van der Waals surface area contributed by atoms with Crippen molar-refractivity contribution in [2.75, 3.05) is 0 Å². The normalized spacial score (nSPS) is 13.7. The summed E-state index contributed by atoms with van der Waals surface area (Å²) in [6.45, 7) is 0. The number of halogens is 4. The van der Waals surface area contributed by atoms with Crippen molar-refractivity contribution in [1.82, 2.24) is 0 Å². The fourth-order valence-electron chi connectivity index (χ4n) is 0.107. The topological polar surface area (TPSA) is 0 Å². The van der Waals surface area contributed by atoms with Crippen LogP contribution in [0.3, 0.4) is 0 Å². The molecule has 0 nitrogen and oxygen atoms in total. The van der Waals surface area contributed by atoms with E-state index in [1.807, 2.05) is 0 Å². The first-order valence-corrected chi connectivity index (χ1v) is 4.83. The second kappa shape index (κ2) is 2.57. The zero-order valence-corrected chi connectivity index (χ0v) is 5.60. The average Bonchev–Trinajstić information content (AvgIpc) is 1.30. The second-order valence-corrected chi connectivity index (χ2v) is 3.07. The molecular formula is C2H4ClF3Si. The monoisotopic (exact) mass is 148 g/mol. The summed E-state index contributed by atoms with van der Waals surface area (Å²) in [5.74, 6) is 0. The molecule has 0 atom stereocenters. The molecule has 0 fully saturated rings. The fraction of sp³-hybridized carbons (Fsp3) is 1.00. The van der Waals surface area contributed by atoms with E-state index in [9.17, 15) is 13.2 Å². The predicted octanol–water partition coefficient (Wildman–Crippen LogP) is 1.29. The zero-order chi connectivity index (χ0) is 5.91. The largest absolute Gasteiger partial charge is 0.387 e. The summed E-state index contributed by atoms with van der Waals surface area (Å²) >= 11 is 4.91. The summed E-state index contributed by atoms with van der Waals surface area (Å²) in [5.41, 5.74) is 0. The maximum Gasteiger partial charge on any atom is 0.387 e. The Kier molecular flexibility index (Phi) is 2.68. The molecule has 44 valence electrons. The summed E-state index contributed by atoms with van der Waals surface area (Å²) in [4.78, 5) is 0. The van der Waals surface area contributed by atoms with Gasteiger partial charge in [0.25, 0.3) is 0 Å². The molecule has 0 N–H and O–H groups in total. The summed E-state index contributed by atoms with van der Waals surface area (Å²) < 4.78 is 33.0. The third-order valence-electron chi connectivity index (χ3n) is 0.378. The van der Waals surface area contributed by atoms with Crippen LogP contribution in [0.5, 0.6) is 0 Å². The molecule has 0 rings (SSSR count). The molecule has 0 amide bonds. The number of hydrogen-bond donors (Lipinski definition) is 0. The molecule has 0 aliphatic carbocycles. The third kappa shape index (κ3) is 6.30. The quantitative estimate of drug-likeness (QED) is 0.388. The lowest BCUT2D eigenvalue weighted by Crippen LogP contribution is -2.07. The highest BCUT2D eigenvalue weighted by Crippen LogP contribution is 2.19. The number of rotatable bonds is 1. The summed E-state index contributed by atoms with van der Waals surface area (Å²) in [7, 11) is -1.34. The van der Waals surface area contributed by atoms with Gasteiger partial charge in [0.15, 0.2) is 0 Å². The van der Waals surface area contributed by atoms with E-state index in [2.05, 4.69) is 0 Å². The summed E-state index contributed by atoms with van der Waals surface area (Å²) in [6, 6.07) is -0.755. The van der Waals surface area contributed by atoms with Gasteiger partial charge < -0.3 is 0 Å². The van der Waals surface area contributed by atoms with E-state index in [0.29, 0.717) is 0 Å². The predicted molar refractivity (Wildman–Crippen MR) is 25.3 cm³/mol. The maximum absolute atomic E-state index is 11.0. The van der Waals surface area contributed by atoms with Gasteiger partial charge in [-0.3, -0.25) is 0 Å². The van der Waals surface area contributed by atoms with E-state index < -0.39 is 21.0 Å². The van der Waals surface area contributed by atoms with Crippen molar-refractivity contribution in [2.24, 2.45) is 0 Å². The van der Waals surface area contributed by atoms with Crippen molar-refractivity contribution in [3.05, 3.63) is 0 Å². The molecule has 0 aliphatic rings. The zero-order valence-electron chi connectivity index (χ0n) is 3.43. The summed E-state index contributed by atoms with van der Waals surface area (Å²) in [6.07, 6.45) is -4.02. The lowest BCUT2D eigenvalue weighted by Gasteiger charge is -1.98. The van der Waals surface area contributed by atoms with Crippen LogP contribution < -0.4 is 0 Å². The Morgan fingerprint density at radius 2 is 1.86 bits per heavy atom. The van der Waals surface area contributed by atoms with Gasteiger partial charge in [0, 0.05) is 6.04 Å². The molecule has 0 bridgehead atoms. The Morgan fingerprint density at radius 3 is 1.86 bits per heavy atom. The maximum atomic E-state index is 11.0. The molecular weight excluding hydrogens is 145 g/mol. The van der Waals surface area contributed by atoms with Crippen LogP contribution >= 0.6 is 11.1 Å². The van der Waals surface area contributed by atoms with E-state index in [4.69, 9.17) is 11.1 Å². The van der Waals surface area contributed by atoms with Crippen molar-refractivity contribution in [3.8, 4) is 0 Å². The van der Waals surface area contributed by atoms with E-state index in [0.717, 1.165) is 0 Å². The van der Waals surface area contributed by atoms with Gasteiger partial charge >= 0.3 is 6.18 Å². The fourth-order valence-corrected chi connectivity index (χ4v) is 0.964. The van der Waals surface area contributed by atoms with Crippen LogP contribution in [-0.4, -0.2) is 15.0 Å². The molecule has 5 heteroatoms. The van der Waals surface area contributed by atoms with Gasteiger partial charge in [0.2, 0.25) is 0 Å². The molecule has 0 aromatic rings. The highest BCUT2D eigenvalue weighted by Gasteiger charge is 2.25. The Hall–Kier alpha value is 0.297. The number of alkyl halides is 3. The van der Waals surface area contributed by atoms with Crippen molar-refractivity contribution >= 4 is 19.9 Å². The minimum absolute atomic E-state index is 0.755. The Balaban J connectivity index is 3.15. The van der Waals surface area contributed by atoms with E-state index in [1.54, 1.807) is 0 Å². The van der Waals surface area contributed by atoms with Crippen LogP contribution in [0, 0.1) is 0 Å². The molecule has 0 aromatic heterocycles. The van der Waals surface area contributed by atoms with Crippen molar-refractivity contribution < 1.29 is 13.2 Å². The highest BCUT2D eigenvalue weighted by atomic mass is 35.6. The molecule has 0 saturated heterocycles. The molecule has 0 heterocycles. The van der Waals surface area contributed by atoms with Gasteiger partial charge in [-0.2, -0.15) is 24.3 Å². The molecule has 0 aliphatic heterocycles. The lowest BCUT2D eigenvalue weighted by molar-refractivity contribution is -0.109. The second-order valence-electron chi connectivity index (χ2n) is 1.05. The average molecular weight is 149 g/mol. The van der Waals surface area contributed by atoms with Crippen molar-refractivity contribution in [3.63, 3.8) is 0 Å². The Bertz CT molecular complexity index is 51.4. The minimum atomic E-state index is -4.02. The van der Waals surface area contributed by atoms with Crippen LogP contribution in [0.25, 0.3) is 0 Å². The van der Waals surface area contributed by atoms with E-state index >= 15 is 0 Å². The molecule has 0 radical (unpaired) electrons. The minimum Gasteiger partial charge on any atom is -0.176 e. The van der Waals surface area contributed by atoms with Crippen LogP contribution in [0.2, 0.25) is 6.04 Å². The smallest absolute Gasteiger partial charge is 0.176 e. The summed E-state index contributed by atoms with van der Waals surface area (Å²) in [5, 5.41) is 0. The first-order chi connectivity index (χ1) is 3.06. The molecule has 0 saturated carbocycles. The molecule has 0 unspecified atom stereocenters. The standard InChI is InChI=1S/C2H4ClF3Si/c3-7-1-2(4,5)6/h1,7H2. The van der Waals surface area contributed by atoms with Crippen LogP contribution in [0.4, 0.5) is 13.2 Å². The molecule has 0 spiro atoms. The van der Waals surface area contributed by atoms with E-state index in [1.165, 1.54) is 0 Å². The van der Waals surface area contributed by atoms with Crippen molar-refractivity contribution in [1.29, 1.82) is 0 Å². The van der Waals surface area contributed by atoms with Gasteiger partial charge in [-0.05, 0) is 0 Å². The van der Waals surface area contributed by atoms with E-state index in [-0.39, 0.29) is 0 Å². The van der Waals surface area contributed by atoms with Gasteiger partial charge in [0.05, 0.1) is 0 Å². The Morgan fingerprint density at radius 1 is 1.43 bits per heavy atom. The Labute approximate surface area is 46.2 Å². The highest BCUT2D eigenvalue weighted by molar-refractivity contribution is 6.93. The first kappa shape index (κ1) is 7.30. The first-order valence-electron chi connectivity index (χ1n) is 1.69. The van der Waals surface area contributed by atoms with Gasteiger partial charge in [-0.15, -0.1) is 0 Å². The van der Waals surface area contributed by atoms with Gasteiger partial charge in [0.1, 0.15) is 8.83 Å². The number of hydrogen-bond acceptors (Lipinski definition) is 0. The molecule has 0 aromatic carbocycles. The molecule has 7 heavy (non-hydrogen) atoms. The van der Waals surface area contributed by atoms with Gasteiger partial charge in [-0.1, -0.05) is 0 Å². The van der Waals surface area contributed by atoms with Crippen LogP contribution in [0.1, 0.15) is 0 Å². The van der Waals surface area contributed by atoms with Crippen LogP contribution in [-0.2, 0) is 0 Å². The lowest BCUT2D eigenvalue weighted by atomic mass is 10.8. The van der Waals surface area contributed by atoms with Crippen molar-refractivity contribution in [2.45, 2.75) is 12.2 Å².